The van der Waals surface area contributed by atoms with Gasteiger partial charge in [0.25, 0.3) is 0 Å². The van der Waals surface area contributed by atoms with E-state index >= 15 is 0 Å². The summed E-state index contributed by atoms with van der Waals surface area (Å²) in [5, 5.41) is 2.80. The fourth-order valence-corrected chi connectivity index (χ4v) is 2.74. The first-order valence-corrected chi connectivity index (χ1v) is 6.42. The van der Waals surface area contributed by atoms with Gasteiger partial charge in [0.1, 0.15) is 0 Å². The van der Waals surface area contributed by atoms with Crippen LogP contribution in [0.25, 0.3) is 0 Å². The highest BCUT2D eigenvalue weighted by molar-refractivity contribution is 6.34. The lowest BCUT2D eigenvalue weighted by atomic mass is 10.2. The average Bonchev–Trinajstić information content (AvgIpc) is 2.14. The number of benzene rings is 1. The summed E-state index contributed by atoms with van der Waals surface area (Å²) in [7, 11) is 0. The Morgan fingerprint density at radius 2 is 1.92 bits per heavy atom. The van der Waals surface area contributed by atoms with Crippen LogP contribution in [0, 0.1) is 0 Å². The number of hydrogen-bond acceptors (Lipinski definition) is 0. The Morgan fingerprint density at radius 1 is 1.17 bits per heavy atom. The van der Waals surface area contributed by atoms with Crippen molar-refractivity contribution in [2.24, 2.45) is 0 Å². The third-order valence-electron chi connectivity index (χ3n) is 1.98. The van der Waals surface area contributed by atoms with Crippen molar-refractivity contribution in [1.29, 1.82) is 0 Å². The zero-order chi connectivity index (χ0) is 8.65. The van der Waals surface area contributed by atoms with Crippen molar-refractivity contribution in [2.45, 2.75) is 30.3 Å². The molecule has 1 heteroatoms. The smallest absolute Gasteiger partial charge is 0.103 e. The normalized spacial score (nSPS) is 9.75. The van der Waals surface area contributed by atoms with Gasteiger partial charge in [-0.2, -0.15) is 0 Å². The van der Waals surface area contributed by atoms with E-state index in [4.69, 9.17) is 0 Å². The van der Waals surface area contributed by atoms with Crippen molar-refractivity contribution in [3.63, 3.8) is 0 Å². The van der Waals surface area contributed by atoms with Gasteiger partial charge in [0.2, 0.25) is 15.2 Å². The topological polar surface area (TPSA) is 0 Å². The van der Waals surface area contributed by atoms with Crippen LogP contribution in [-0.2, 0) is 5.28 Å². The lowest BCUT2D eigenvalue weighted by Crippen LogP contribution is -1.95. The molecule has 63 valence electrons. The van der Waals surface area contributed by atoms with E-state index < -0.39 is 0 Å². The molecule has 0 spiro atoms. The second kappa shape index (κ2) is 6.29. The highest BCUT2D eigenvalue weighted by Crippen LogP contribution is 2.01. The van der Waals surface area contributed by atoms with Gasteiger partial charge in [0.05, 0.1) is 0 Å². The maximum Gasteiger partial charge on any atom is 0.207 e. The van der Waals surface area contributed by atoms with E-state index in [-0.39, 0.29) is 0 Å². The summed E-state index contributed by atoms with van der Waals surface area (Å²) < 4.78 is 0. The van der Waals surface area contributed by atoms with E-state index in [1.165, 1.54) is 29.0 Å². The standard InChI is InChI=1S/C7H7.C4H9.Al/c1-7-5-3-2-4-6-7;1-3-4-2;/h2-6H,1H2;1,3-4H2,2H3;. The van der Waals surface area contributed by atoms with Crippen molar-refractivity contribution in [3.8, 4) is 0 Å². The maximum absolute atomic E-state index is 2.27. The zero-order valence-corrected chi connectivity index (χ0v) is 8.95. The van der Waals surface area contributed by atoms with Gasteiger partial charge in [0.15, 0.2) is 0 Å². The molecule has 0 unspecified atom stereocenters. The van der Waals surface area contributed by atoms with Gasteiger partial charge in [-0.1, -0.05) is 60.9 Å². The van der Waals surface area contributed by atoms with Gasteiger partial charge in [-0.05, 0) is 0 Å². The zero-order valence-electron chi connectivity index (χ0n) is 7.79. The van der Waals surface area contributed by atoms with Gasteiger partial charge < -0.3 is 0 Å². The van der Waals surface area contributed by atoms with Crippen LogP contribution in [0.3, 0.4) is 0 Å². The largest absolute Gasteiger partial charge is 0.207 e. The van der Waals surface area contributed by atoms with E-state index in [1.807, 2.05) is 0 Å². The highest BCUT2D eigenvalue weighted by atomic mass is 27.1. The van der Waals surface area contributed by atoms with Crippen LogP contribution in [0.5, 0.6) is 0 Å². The molecule has 0 aliphatic heterocycles. The van der Waals surface area contributed by atoms with Crippen LogP contribution in [0.15, 0.2) is 30.3 Å². The minimum absolute atomic E-state index is 0.659. The lowest BCUT2D eigenvalue weighted by molar-refractivity contribution is 0.877. The monoisotopic (exact) mass is 175 g/mol. The van der Waals surface area contributed by atoms with Gasteiger partial charge in [-0.15, -0.1) is 5.28 Å². The number of rotatable bonds is 5. The third-order valence-corrected chi connectivity index (χ3v) is 3.56. The summed E-state index contributed by atoms with van der Waals surface area (Å²) in [6, 6.07) is 10.8. The summed E-state index contributed by atoms with van der Waals surface area (Å²) >= 11 is 0.659. The van der Waals surface area contributed by atoms with Gasteiger partial charge >= 0.3 is 0 Å². The second-order valence-electron chi connectivity index (χ2n) is 3.12. The molecule has 0 aromatic heterocycles. The SMILES string of the molecule is CCC[CH2][Al][CH2]c1ccccc1. The first-order valence-electron chi connectivity index (χ1n) is 4.79. The molecular formula is C11H16Al. The van der Waals surface area contributed by atoms with Crippen molar-refractivity contribution in [1.82, 2.24) is 0 Å². The van der Waals surface area contributed by atoms with Crippen LogP contribution in [0.4, 0.5) is 0 Å². The Morgan fingerprint density at radius 3 is 2.58 bits per heavy atom. The molecule has 0 bridgehead atoms. The predicted octanol–water partition coefficient (Wildman–Crippen LogP) is 3.11. The molecule has 0 nitrogen and oxygen atoms in total. The quantitative estimate of drug-likeness (QED) is 0.476. The summed E-state index contributed by atoms with van der Waals surface area (Å²) in [4.78, 5) is 0. The second-order valence-corrected chi connectivity index (χ2v) is 4.68. The van der Waals surface area contributed by atoms with Crippen LogP contribution in [0.1, 0.15) is 25.3 Å². The Bertz CT molecular complexity index is 193. The third kappa shape index (κ3) is 3.95. The molecule has 1 radical (unpaired) electrons. The van der Waals surface area contributed by atoms with Crippen LogP contribution < -0.4 is 0 Å². The van der Waals surface area contributed by atoms with Gasteiger partial charge in [0, 0.05) is 0 Å². The van der Waals surface area contributed by atoms with E-state index in [9.17, 15) is 0 Å². The summed E-state index contributed by atoms with van der Waals surface area (Å²) in [5.41, 5.74) is 1.52. The van der Waals surface area contributed by atoms with Gasteiger partial charge in [-0.25, -0.2) is 0 Å². The molecule has 0 saturated heterocycles. The molecule has 0 N–H and O–H groups in total. The molecule has 1 rings (SSSR count). The van der Waals surface area contributed by atoms with Gasteiger partial charge in [-0.3, -0.25) is 0 Å². The highest BCUT2D eigenvalue weighted by Gasteiger charge is 1.93. The molecule has 0 atom stereocenters. The summed E-state index contributed by atoms with van der Waals surface area (Å²) in [6.45, 7) is 2.27. The fourth-order valence-electron chi connectivity index (χ4n) is 1.23. The van der Waals surface area contributed by atoms with Crippen molar-refractivity contribution >= 4 is 15.2 Å². The van der Waals surface area contributed by atoms with Crippen molar-refractivity contribution < 1.29 is 0 Å². The molecule has 0 amide bonds. The maximum atomic E-state index is 2.27. The van der Waals surface area contributed by atoms with Crippen LogP contribution in [-0.4, -0.2) is 15.2 Å². The van der Waals surface area contributed by atoms with E-state index in [2.05, 4.69) is 37.3 Å². The van der Waals surface area contributed by atoms with E-state index in [0.29, 0.717) is 15.2 Å². The Labute approximate surface area is 81.7 Å². The van der Waals surface area contributed by atoms with Crippen molar-refractivity contribution in [3.05, 3.63) is 35.9 Å². The minimum atomic E-state index is 0.659. The van der Waals surface area contributed by atoms with Crippen LogP contribution >= 0.6 is 0 Å². The molecule has 0 fully saturated rings. The fraction of sp³-hybridized carbons (Fsp3) is 0.455. The predicted molar refractivity (Wildman–Crippen MR) is 55.6 cm³/mol. The molecular weight excluding hydrogens is 159 g/mol. The Kier molecular flexibility index (Phi) is 5.16. The average molecular weight is 175 g/mol. The summed E-state index contributed by atoms with van der Waals surface area (Å²) in [5.74, 6) is 0. The molecule has 0 aliphatic carbocycles. The molecule has 1 aromatic rings. The Hall–Kier alpha value is -0.248. The molecule has 0 heterocycles. The number of unbranched alkanes of at least 4 members (excludes halogenated alkanes) is 1. The van der Waals surface area contributed by atoms with E-state index in [0.717, 1.165) is 0 Å². The van der Waals surface area contributed by atoms with Crippen molar-refractivity contribution in [2.75, 3.05) is 0 Å². The molecule has 12 heavy (non-hydrogen) atoms. The lowest BCUT2D eigenvalue weighted by Gasteiger charge is -1.97. The first kappa shape index (κ1) is 9.84. The van der Waals surface area contributed by atoms with Crippen LogP contribution in [0.2, 0.25) is 5.28 Å². The minimum Gasteiger partial charge on any atom is -0.103 e. The summed E-state index contributed by atoms with van der Waals surface area (Å²) in [6.07, 6.45) is 2.77. The molecule has 1 aromatic carbocycles. The molecule has 0 saturated carbocycles. The first-order chi connectivity index (χ1) is 5.93. The molecule has 0 aliphatic rings. The Balaban J connectivity index is 2.16. The van der Waals surface area contributed by atoms with E-state index in [1.54, 1.807) is 0 Å². The number of hydrogen-bond donors (Lipinski definition) is 0.